The molecule has 2 aromatic heterocycles. The minimum Gasteiger partial charge on any atom is -0.489 e. The van der Waals surface area contributed by atoms with Gasteiger partial charge in [-0.05, 0) is 60.2 Å². The molecule has 0 saturated carbocycles. The van der Waals surface area contributed by atoms with E-state index in [0.717, 1.165) is 41.8 Å². The van der Waals surface area contributed by atoms with E-state index in [0.29, 0.717) is 12.0 Å². The molecule has 5 heteroatoms. The number of aromatic nitrogens is 2. The number of carboxylic acids is 1. The number of hydrogen-bond donors (Lipinski definition) is 1. The smallest absolute Gasteiger partial charge is 0.354 e. The summed E-state index contributed by atoms with van der Waals surface area (Å²) in [6, 6.07) is 17.8. The van der Waals surface area contributed by atoms with E-state index >= 15 is 0 Å². The minimum atomic E-state index is -1.03. The van der Waals surface area contributed by atoms with Crippen molar-refractivity contribution >= 4 is 16.9 Å². The lowest BCUT2D eigenvalue weighted by molar-refractivity contribution is 0.0690. The van der Waals surface area contributed by atoms with Crippen molar-refractivity contribution in [3.63, 3.8) is 0 Å². The number of benzene rings is 2. The van der Waals surface area contributed by atoms with Crippen LogP contribution in [-0.4, -0.2) is 20.6 Å². The van der Waals surface area contributed by atoms with Gasteiger partial charge in [-0.3, -0.25) is 0 Å². The second-order valence-electron chi connectivity index (χ2n) is 10.6. The van der Waals surface area contributed by atoms with E-state index in [2.05, 4.69) is 81.6 Å². The molecule has 0 saturated heterocycles. The summed E-state index contributed by atoms with van der Waals surface area (Å²) in [5.74, 6) is -0.0936. The number of fused-ring (bicyclic) bond motifs is 1. The average Bonchev–Trinajstić information content (AvgIpc) is 3.26. The fourth-order valence-electron chi connectivity index (χ4n) is 3.93. The van der Waals surface area contributed by atoms with Crippen molar-refractivity contribution in [3.05, 3.63) is 83.8 Å². The summed E-state index contributed by atoms with van der Waals surface area (Å²) in [6.07, 6.45) is 5.76. The van der Waals surface area contributed by atoms with Crippen LogP contribution in [0.25, 0.3) is 22.0 Å². The summed E-state index contributed by atoms with van der Waals surface area (Å²) < 4.78 is 8.52. The summed E-state index contributed by atoms with van der Waals surface area (Å²) in [5, 5.41) is 10.3. The van der Waals surface area contributed by atoms with Crippen LogP contribution in [0.5, 0.6) is 5.75 Å². The molecular weight excluding hydrogens is 448 g/mol. The summed E-state index contributed by atoms with van der Waals surface area (Å²) in [7, 11) is 0. The third-order valence-electron chi connectivity index (χ3n) is 5.50. The largest absolute Gasteiger partial charge is 0.489 e. The maximum Gasteiger partial charge on any atom is 0.354 e. The molecule has 2 heterocycles. The van der Waals surface area contributed by atoms with Gasteiger partial charge >= 0.3 is 5.97 Å². The van der Waals surface area contributed by atoms with Gasteiger partial charge in [-0.2, -0.15) is 0 Å². The van der Waals surface area contributed by atoms with Crippen LogP contribution in [0, 0.1) is 5.41 Å². The Morgan fingerprint density at radius 1 is 1.00 bits per heavy atom. The predicted molar refractivity (Wildman–Crippen MR) is 148 cm³/mol. The Kier molecular flexibility index (Phi) is 8.92. The number of rotatable bonds is 8. The van der Waals surface area contributed by atoms with Crippen molar-refractivity contribution in [2.45, 2.75) is 67.5 Å². The van der Waals surface area contributed by atoms with E-state index in [4.69, 9.17) is 9.84 Å². The lowest BCUT2D eigenvalue weighted by Crippen LogP contribution is -2.01. The molecular formula is C31H38N2O3. The van der Waals surface area contributed by atoms with Crippen LogP contribution in [-0.2, 0) is 19.6 Å². The maximum absolute atomic E-state index is 11.0. The Bertz CT molecular complexity index is 1290. The highest BCUT2D eigenvalue weighted by atomic mass is 16.5. The van der Waals surface area contributed by atoms with Gasteiger partial charge in [0.05, 0.1) is 0 Å². The molecule has 0 aliphatic carbocycles. The summed E-state index contributed by atoms with van der Waals surface area (Å²) in [4.78, 5) is 15.0. The minimum absolute atomic E-state index is 0.0407. The first-order chi connectivity index (χ1) is 17.1. The molecule has 0 amide bonds. The first kappa shape index (κ1) is 27.0. The molecule has 0 bridgehead atoms. The van der Waals surface area contributed by atoms with E-state index in [1.165, 1.54) is 22.5 Å². The molecule has 0 fully saturated rings. The molecule has 0 aliphatic heterocycles. The number of ether oxygens (including phenoxy) is 1. The second kappa shape index (κ2) is 11.9. The number of pyridine rings is 1. The van der Waals surface area contributed by atoms with Gasteiger partial charge in [0.25, 0.3) is 0 Å². The monoisotopic (exact) mass is 486 g/mol. The Labute approximate surface area is 214 Å². The van der Waals surface area contributed by atoms with Crippen molar-refractivity contribution in [1.82, 2.24) is 9.55 Å². The van der Waals surface area contributed by atoms with Crippen molar-refractivity contribution < 1.29 is 14.6 Å². The van der Waals surface area contributed by atoms with E-state index in [9.17, 15) is 4.79 Å². The topological polar surface area (TPSA) is 64.3 Å². The third kappa shape index (κ3) is 7.20. The Morgan fingerprint density at radius 3 is 2.36 bits per heavy atom. The average molecular weight is 487 g/mol. The normalized spacial score (nSPS) is 11.2. The van der Waals surface area contributed by atoms with Gasteiger partial charge in [0.15, 0.2) is 0 Å². The zero-order chi connectivity index (χ0) is 26.3. The van der Waals surface area contributed by atoms with E-state index in [1.807, 2.05) is 18.2 Å². The van der Waals surface area contributed by atoms with Crippen LogP contribution in [0.3, 0.4) is 0 Å². The van der Waals surface area contributed by atoms with Gasteiger partial charge < -0.3 is 14.4 Å². The fourth-order valence-corrected chi connectivity index (χ4v) is 3.93. The van der Waals surface area contributed by atoms with Gasteiger partial charge in [0.2, 0.25) is 0 Å². The Hall–Kier alpha value is -3.60. The number of carboxylic acid groups (broad SMARTS) is 1. The van der Waals surface area contributed by atoms with Crippen LogP contribution in [0.2, 0.25) is 0 Å². The maximum atomic E-state index is 11.0. The second-order valence-corrected chi connectivity index (χ2v) is 10.6. The van der Waals surface area contributed by atoms with Crippen LogP contribution in [0.4, 0.5) is 0 Å². The number of carbonyl (C=O) groups is 1. The van der Waals surface area contributed by atoms with E-state index in [-0.39, 0.29) is 5.69 Å². The number of hydrogen-bond acceptors (Lipinski definition) is 3. The molecule has 36 heavy (non-hydrogen) atoms. The highest BCUT2D eigenvalue weighted by Gasteiger charge is 2.12. The van der Waals surface area contributed by atoms with Crippen molar-refractivity contribution in [2.24, 2.45) is 5.41 Å². The molecule has 4 aromatic rings. The molecule has 1 N–H and O–H groups in total. The lowest BCUT2D eigenvalue weighted by atomic mass is 10.0. The van der Waals surface area contributed by atoms with Crippen LogP contribution < -0.4 is 4.74 Å². The quantitative estimate of drug-likeness (QED) is 0.274. The SMILES string of the molecule is CC(C)(C)C.CCCc1c(OCc2cccc(-c3ccc(C(=O)O)nc3)c2)ccc2c1ccn2CC. The van der Waals surface area contributed by atoms with E-state index in [1.54, 1.807) is 12.3 Å². The van der Waals surface area contributed by atoms with Crippen LogP contribution >= 0.6 is 0 Å². The standard InChI is InChI=1S/C26H26N2O3.C5H12/c1-3-6-22-21-13-14-28(4-2)24(21)11-12-25(22)31-17-18-7-5-8-19(15-18)20-9-10-23(26(29)30)27-16-20;1-5(2,3)4/h5,7-16H,3-4,6,17H2,1-2H3,(H,29,30);1-4H3. The van der Waals surface area contributed by atoms with E-state index < -0.39 is 5.97 Å². The molecule has 0 aliphatic rings. The van der Waals surface area contributed by atoms with Gasteiger partial charge in [-0.25, -0.2) is 9.78 Å². The molecule has 0 radical (unpaired) electrons. The summed E-state index contributed by atoms with van der Waals surface area (Å²) in [5.41, 5.74) is 5.96. The summed E-state index contributed by atoms with van der Waals surface area (Å²) >= 11 is 0. The summed E-state index contributed by atoms with van der Waals surface area (Å²) in [6.45, 7) is 14.5. The lowest BCUT2D eigenvalue weighted by Gasteiger charge is -2.14. The zero-order valence-electron chi connectivity index (χ0n) is 22.3. The zero-order valence-corrected chi connectivity index (χ0v) is 22.3. The molecule has 5 nitrogen and oxygen atoms in total. The highest BCUT2D eigenvalue weighted by Crippen LogP contribution is 2.31. The predicted octanol–water partition coefficient (Wildman–Crippen LogP) is 8.01. The molecule has 0 unspecified atom stereocenters. The highest BCUT2D eigenvalue weighted by molar-refractivity contribution is 5.86. The van der Waals surface area contributed by atoms with Gasteiger partial charge in [-0.1, -0.05) is 65.3 Å². The van der Waals surface area contributed by atoms with Gasteiger partial charge in [0.1, 0.15) is 18.1 Å². The van der Waals surface area contributed by atoms with Gasteiger partial charge in [-0.15, -0.1) is 0 Å². The number of aromatic carboxylic acids is 1. The van der Waals surface area contributed by atoms with Crippen molar-refractivity contribution in [3.8, 4) is 16.9 Å². The van der Waals surface area contributed by atoms with Gasteiger partial charge in [0, 0.05) is 41.0 Å². The molecule has 190 valence electrons. The fraction of sp³-hybridized carbons (Fsp3) is 0.355. The van der Waals surface area contributed by atoms with Crippen molar-refractivity contribution in [2.75, 3.05) is 0 Å². The molecule has 4 rings (SSSR count). The Balaban J connectivity index is 0.000000658. The van der Waals surface area contributed by atoms with Crippen LogP contribution in [0.15, 0.2) is 67.0 Å². The third-order valence-corrected chi connectivity index (χ3v) is 5.50. The molecule has 0 spiro atoms. The molecule has 0 atom stereocenters. The Morgan fingerprint density at radius 2 is 1.75 bits per heavy atom. The number of aryl methyl sites for hydroxylation is 2. The van der Waals surface area contributed by atoms with Crippen molar-refractivity contribution in [1.29, 1.82) is 0 Å². The van der Waals surface area contributed by atoms with Crippen LogP contribution in [0.1, 0.15) is 69.6 Å². The first-order valence-corrected chi connectivity index (χ1v) is 12.6. The first-order valence-electron chi connectivity index (χ1n) is 12.6. The number of nitrogens with zero attached hydrogens (tertiary/aromatic N) is 2. The molecule has 2 aromatic carbocycles.